The number of amides is 1. The second-order valence-corrected chi connectivity index (χ2v) is 7.30. The maximum Gasteiger partial charge on any atom is 0.255 e. The Hall–Kier alpha value is -1.47. The van der Waals surface area contributed by atoms with Crippen molar-refractivity contribution in [3.63, 3.8) is 0 Å². The molecule has 0 atom stereocenters. The van der Waals surface area contributed by atoms with E-state index in [0.29, 0.717) is 6.54 Å². The lowest BCUT2D eigenvalue weighted by molar-refractivity contribution is 0.0718. The molecule has 0 radical (unpaired) electrons. The summed E-state index contributed by atoms with van der Waals surface area (Å²) in [5.74, 6) is -0.901. The monoisotopic (exact) mass is 314 g/mol. The lowest BCUT2D eigenvalue weighted by Crippen LogP contribution is -2.37. The van der Waals surface area contributed by atoms with Crippen molar-refractivity contribution in [2.24, 2.45) is 11.1 Å². The molecule has 0 aromatic heterocycles. The lowest BCUT2D eigenvalue weighted by atomic mass is 10.1. The van der Waals surface area contributed by atoms with Crippen LogP contribution < -0.4 is 5.14 Å². The zero-order chi connectivity index (χ0) is 15.8. The van der Waals surface area contributed by atoms with Crippen LogP contribution in [0.4, 0.5) is 4.39 Å². The maximum absolute atomic E-state index is 13.4. The molecule has 1 amide bonds. The Kier molecular flexibility index (Phi) is 4.34. The van der Waals surface area contributed by atoms with E-state index in [1.165, 1.54) is 0 Å². The van der Waals surface area contributed by atoms with Gasteiger partial charge in [0.05, 0.1) is 10.5 Å². The molecule has 116 valence electrons. The first kappa shape index (κ1) is 15.9. The molecular weight excluding hydrogens is 295 g/mol. The van der Waals surface area contributed by atoms with E-state index in [1.54, 1.807) is 4.90 Å². The van der Waals surface area contributed by atoms with Gasteiger partial charge < -0.3 is 4.90 Å². The van der Waals surface area contributed by atoms with E-state index in [2.05, 4.69) is 0 Å². The van der Waals surface area contributed by atoms with Gasteiger partial charge in [0.25, 0.3) is 5.91 Å². The average molecular weight is 314 g/mol. The summed E-state index contributed by atoms with van der Waals surface area (Å²) in [6, 6.07) is 3.08. The fraction of sp³-hybridized carbons (Fsp3) is 0.500. The second kappa shape index (κ2) is 5.73. The molecule has 7 heteroatoms. The summed E-state index contributed by atoms with van der Waals surface area (Å²) in [6.45, 7) is 4.44. The van der Waals surface area contributed by atoms with Crippen LogP contribution in [0.15, 0.2) is 23.1 Å². The zero-order valence-electron chi connectivity index (χ0n) is 12.0. The number of hydrogen-bond acceptors (Lipinski definition) is 3. The molecule has 5 nitrogen and oxygen atoms in total. The summed E-state index contributed by atoms with van der Waals surface area (Å²) in [4.78, 5) is 13.9. The van der Waals surface area contributed by atoms with Crippen LogP contribution in [0.25, 0.3) is 0 Å². The maximum atomic E-state index is 13.4. The fourth-order valence-corrected chi connectivity index (χ4v) is 2.96. The number of nitrogens with zero attached hydrogens (tertiary/aromatic N) is 1. The smallest absolute Gasteiger partial charge is 0.255 e. The van der Waals surface area contributed by atoms with Crippen molar-refractivity contribution in [3.05, 3.63) is 29.6 Å². The van der Waals surface area contributed by atoms with Crippen LogP contribution in [0, 0.1) is 11.7 Å². The van der Waals surface area contributed by atoms with Crippen LogP contribution in [0.1, 0.15) is 37.0 Å². The molecule has 1 aromatic rings. The molecule has 0 spiro atoms. The van der Waals surface area contributed by atoms with Crippen LogP contribution in [0.3, 0.4) is 0 Å². The van der Waals surface area contributed by atoms with Gasteiger partial charge in [-0.1, -0.05) is 13.8 Å². The third-order valence-electron chi connectivity index (χ3n) is 3.29. The van der Waals surface area contributed by atoms with Crippen molar-refractivity contribution in [3.8, 4) is 0 Å². The molecule has 1 aromatic carbocycles. The Balaban J connectivity index is 2.43. The van der Waals surface area contributed by atoms with Gasteiger partial charge in [-0.3, -0.25) is 4.79 Å². The zero-order valence-corrected chi connectivity index (χ0v) is 12.9. The largest absolute Gasteiger partial charge is 0.335 e. The van der Waals surface area contributed by atoms with E-state index in [9.17, 15) is 17.6 Å². The summed E-state index contributed by atoms with van der Waals surface area (Å²) in [7, 11) is -4.08. The average Bonchev–Trinajstić information content (AvgIpc) is 3.17. The first-order valence-electron chi connectivity index (χ1n) is 6.83. The minimum Gasteiger partial charge on any atom is -0.335 e. The molecule has 2 N–H and O–H groups in total. The second-order valence-electron chi connectivity index (χ2n) is 5.77. The van der Waals surface area contributed by atoms with Gasteiger partial charge in [0.15, 0.2) is 0 Å². The van der Waals surface area contributed by atoms with Crippen LogP contribution >= 0.6 is 0 Å². The van der Waals surface area contributed by atoms with Gasteiger partial charge in [-0.05, 0) is 37.0 Å². The molecule has 0 unspecified atom stereocenters. The van der Waals surface area contributed by atoms with Crippen LogP contribution in [-0.2, 0) is 10.0 Å². The minimum atomic E-state index is -4.08. The standard InChI is InChI=1S/C14H19FN2O3S/c1-9(2)8-17(11-4-5-11)14(18)12-7-10(15)3-6-13(12)21(16,19)20/h3,6-7,9,11H,4-5,8H2,1-2H3,(H2,16,19,20). The number of primary sulfonamides is 1. The summed E-state index contributed by atoms with van der Waals surface area (Å²) < 4.78 is 36.6. The number of rotatable bonds is 5. The summed E-state index contributed by atoms with van der Waals surface area (Å²) >= 11 is 0. The van der Waals surface area contributed by atoms with Crippen molar-refractivity contribution in [1.82, 2.24) is 4.90 Å². The Labute approximate surface area is 124 Å². The highest BCUT2D eigenvalue weighted by molar-refractivity contribution is 7.89. The molecular formula is C14H19FN2O3S. The highest BCUT2D eigenvalue weighted by atomic mass is 32.2. The summed E-state index contributed by atoms with van der Waals surface area (Å²) in [5.41, 5.74) is -0.190. The van der Waals surface area contributed by atoms with E-state index >= 15 is 0 Å². The number of halogens is 1. The predicted molar refractivity (Wildman–Crippen MR) is 76.7 cm³/mol. The molecule has 2 rings (SSSR count). The number of carbonyl (C=O) groups is 1. The summed E-state index contributed by atoms with van der Waals surface area (Å²) in [5, 5.41) is 5.12. The van der Waals surface area contributed by atoms with Gasteiger partial charge in [-0.2, -0.15) is 0 Å². The highest BCUT2D eigenvalue weighted by Gasteiger charge is 2.35. The van der Waals surface area contributed by atoms with Crippen LogP contribution in [-0.4, -0.2) is 31.8 Å². The number of hydrogen-bond donors (Lipinski definition) is 1. The number of carbonyl (C=O) groups excluding carboxylic acids is 1. The van der Waals surface area contributed by atoms with Crippen molar-refractivity contribution in [1.29, 1.82) is 0 Å². The van der Waals surface area contributed by atoms with E-state index in [-0.39, 0.29) is 22.4 Å². The van der Waals surface area contributed by atoms with Crippen molar-refractivity contribution < 1.29 is 17.6 Å². The molecule has 21 heavy (non-hydrogen) atoms. The first-order valence-corrected chi connectivity index (χ1v) is 8.38. The van der Waals surface area contributed by atoms with Gasteiger partial charge in [0, 0.05) is 12.6 Å². The van der Waals surface area contributed by atoms with Gasteiger partial charge in [0.1, 0.15) is 5.82 Å². The van der Waals surface area contributed by atoms with E-state index in [4.69, 9.17) is 5.14 Å². The summed E-state index contributed by atoms with van der Waals surface area (Å²) in [6.07, 6.45) is 1.77. The normalized spacial score (nSPS) is 15.3. The van der Waals surface area contributed by atoms with Gasteiger partial charge in [-0.25, -0.2) is 17.9 Å². The van der Waals surface area contributed by atoms with Gasteiger partial charge in [-0.15, -0.1) is 0 Å². The molecule has 1 aliphatic carbocycles. The molecule has 1 aliphatic rings. The van der Waals surface area contributed by atoms with Crippen molar-refractivity contribution in [2.45, 2.75) is 37.6 Å². The first-order chi connectivity index (χ1) is 9.70. The van der Waals surface area contributed by atoms with E-state index < -0.39 is 21.7 Å². The molecule has 0 heterocycles. The van der Waals surface area contributed by atoms with Crippen LogP contribution in [0.5, 0.6) is 0 Å². The molecule has 0 saturated heterocycles. The quantitative estimate of drug-likeness (QED) is 0.899. The molecule has 0 bridgehead atoms. The van der Waals surface area contributed by atoms with E-state index in [1.807, 2.05) is 13.8 Å². The Morgan fingerprint density at radius 3 is 2.52 bits per heavy atom. The van der Waals surface area contributed by atoms with Gasteiger partial charge in [0.2, 0.25) is 10.0 Å². The minimum absolute atomic E-state index is 0.108. The molecule has 1 saturated carbocycles. The van der Waals surface area contributed by atoms with Crippen molar-refractivity contribution >= 4 is 15.9 Å². The van der Waals surface area contributed by atoms with Crippen molar-refractivity contribution in [2.75, 3.05) is 6.54 Å². The van der Waals surface area contributed by atoms with Crippen LogP contribution in [0.2, 0.25) is 0 Å². The molecule has 1 fully saturated rings. The third kappa shape index (κ3) is 3.79. The number of sulfonamides is 1. The van der Waals surface area contributed by atoms with Gasteiger partial charge >= 0.3 is 0 Å². The molecule has 0 aliphatic heterocycles. The SMILES string of the molecule is CC(C)CN(C(=O)c1cc(F)ccc1S(N)(=O)=O)C1CC1. The Morgan fingerprint density at radius 1 is 1.43 bits per heavy atom. The van der Waals surface area contributed by atoms with E-state index in [0.717, 1.165) is 31.0 Å². The number of nitrogens with two attached hydrogens (primary N) is 1. The highest BCUT2D eigenvalue weighted by Crippen LogP contribution is 2.30. The number of benzene rings is 1. The predicted octanol–water partition coefficient (Wildman–Crippen LogP) is 1.73. The lowest BCUT2D eigenvalue weighted by Gasteiger charge is -2.25. The Bertz CT molecular complexity index is 654. The third-order valence-corrected chi connectivity index (χ3v) is 4.26. The fourth-order valence-electron chi connectivity index (χ4n) is 2.25. The Morgan fingerprint density at radius 2 is 2.05 bits per heavy atom. The topological polar surface area (TPSA) is 80.5 Å².